The van der Waals surface area contributed by atoms with Crippen LogP contribution in [-0.4, -0.2) is 19.2 Å². The molecule has 0 radical (unpaired) electrons. The van der Waals surface area contributed by atoms with Crippen molar-refractivity contribution < 1.29 is 22.9 Å². The summed E-state index contributed by atoms with van der Waals surface area (Å²) in [6, 6.07) is 0. The number of carbonyl (C=O) groups excluding carboxylic acids is 1. The summed E-state index contributed by atoms with van der Waals surface area (Å²) < 4.78 is 25.4. The standard InChI is InChI=1S/C7H15O5P/c1-4-7(3)12-13(9,10-5-2)11-6-8/h6-7H,4-5H2,1-3H3. The zero-order chi connectivity index (χ0) is 10.3. The van der Waals surface area contributed by atoms with E-state index in [0.29, 0.717) is 6.42 Å². The molecule has 13 heavy (non-hydrogen) atoms. The summed E-state index contributed by atoms with van der Waals surface area (Å²) in [5.74, 6) is 0. The number of phosphoric ester groups is 1. The first kappa shape index (κ1) is 12.6. The van der Waals surface area contributed by atoms with Gasteiger partial charge in [0.05, 0.1) is 12.7 Å². The molecule has 5 nitrogen and oxygen atoms in total. The molecule has 0 fully saturated rings. The quantitative estimate of drug-likeness (QED) is 0.475. The van der Waals surface area contributed by atoms with Crippen LogP contribution in [0.3, 0.4) is 0 Å². The average Bonchev–Trinajstić information content (AvgIpc) is 2.04. The second-order valence-electron chi connectivity index (χ2n) is 2.39. The first-order chi connectivity index (χ1) is 6.08. The van der Waals surface area contributed by atoms with Crippen molar-refractivity contribution in [1.82, 2.24) is 0 Å². The first-order valence-corrected chi connectivity index (χ1v) is 5.59. The Kier molecular flexibility index (Phi) is 5.95. The molecule has 2 unspecified atom stereocenters. The maximum Gasteiger partial charge on any atom is 0.532 e. The van der Waals surface area contributed by atoms with Crippen LogP contribution in [0, 0.1) is 0 Å². The lowest BCUT2D eigenvalue weighted by Gasteiger charge is -2.17. The predicted octanol–water partition coefficient (Wildman–Crippen LogP) is 2.12. The molecular formula is C7H15O5P. The van der Waals surface area contributed by atoms with Crippen LogP contribution in [0.5, 0.6) is 0 Å². The van der Waals surface area contributed by atoms with Crippen molar-refractivity contribution in [3.8, 4) is 0 Å². The van der Waals surface area contributed by atoms with Gasteiger partial charge >= 0.3 is 14.3 Å². The van der Waals surface area contributed by atoms with Gasteiger partial charge in [0.15, 0.2) is 0 Å². The van der Waals surface area contributed by atoms with Crippen LogP contribution in [-0.2, 0) is 22.9 Å². The highest BCUT2D eigenvalue weighted by Crippen LogP contribution is 2.49. The van der Waals surface area contributed by atoms with Gasteiger partial charge in [-0.15, -0.1) is 0 Å². The molecule has 0 N–H and O–H groups in total. The third-order valence-electron chi connectivity index (χ3n) is 1.34. The fraction of sp³-hybridized carbons (Fsp3) is 0.857. The van der Waals surface area contributed by atoms with Crippen LogP contribution in [0.15, 0.2) is 0 Å². The number of hydrogen-bond acceptors (Lipinski definition) is 5. The summed E-state index contributed by atoms with van der Waals surface area (Å²) >= 11 is 0. The summed E-state index contributed by atoms with van der Waals surface area (Å²) in [5, 5.41) is 0. The van der Waals surface area contributed by atoms with E-state index < -0.39 is 7.82 Å². The van der Waals surface area contributed by atoms with Gasteiger partial charge < -0.3 is 4.52 Å². The molecule has 0 heterocycles. The zero-order valence-electron chi connectivity index (χ0n) is 8.06. The predicted molar refractivity (Wildman–Crippen MR) is 47.2 cm³/mol. The summed E-state index contributed by atoms with van der Waals surface area (Å²) in [4.78, 5) is 10.0. The second kappa shape index (κ2) is 6.13. The monoisotopic (exact) mass is 210 g/mol. The van der Waals surface area contributed by atoms with Crippen molar-refractivity contribution in [1.29, 1.82) is 0 Å². The molecule has 78 valence electrons. The molecule has 2 atom stereocenters. The molecule has 0 aromatic rings. The molecule has 0 aliphatic heterocycles. The van der Waals surface area contributed by atoms with Crippen molar-refractivity contribution in [3.63, 3.8) is 0 Å². The molecule has 0 aromatic carbocycles. The lowest BCUT2D eigenvalue weighted by Crippen LogP contribution is -2.08. The summed E-state index contributed by atoms with van der Waals surface area (Å²) in [5.41, 5.74) is 0. The molecule has 0 aliphatic carbocycles. The highest BCUT2D eigenvalue weighted by Gasteiger charge is 2.29. The van der Waals surface area contributed by atoms with Gasteiger partial charge in [0.25, 0.3) is 0 Å². The Morgan fingerprint density at radius 1 is 1.46 bits per heavy atom. The fourth-order valence-electron chi connectivity index (χ4n) is 0.591. The molecule has 0 spiro atoms. The molecule has 0 rings (SSSR count). The first-order valence-electron chi connectivity index (χ1n) is 4.13. The Hall–Kier alpha value is -0.380. The Morgan fingerprint density at radius 2 is 2.08 bits per heavy atom. The molecule has 0 aliphatic rings. The van der Waals surface area contributed by atoms with E-state index in [4.69, 9.17) is 9.05 Å². The van der Waals surface area contributed by atoms with Crippen molar-refractivity contribution in [2.75, 3.05) is 6.61 Å². The van der Waals surface area contributed by atoms with Crippen molar-refractivity contribution in [3.05, 3.63) is 0 Å². The van der Waals surface area contributed by atoms with E-state index in [1.54, 1.807) is 13.8 Å². The van der Waals surface area contributed by atoms with Crippen LogP contribution in [0.25, 0.3) is 0 Å². The molecule has 6 heteroatoms. The molecule has 0 bridgehead atoms. The largest absolute Gasteiger partial charge is 0.532 e. The van der Waals surface area contributed by atoms with Crippen LogP contribution in [0.1, 0.15) is 27.2 Å². The smallest absolute Gasteiger partial charge is 0.373 e. The fourth-order valence-corrected chi connectivity index (χ4v) is 1.77. The number of carbonyl (C=O) groups is 1. The number of phosphoric acid groups is 1. The van der Waals surface area contributed by atoms with Crippen molar-refractivity contribution >= 4 is 14.3 Å². The highest BCUT2D eigenvalue weighted by molar-refractivity contribution is 7.49. The molecule has 0 aromatic heterocycles. The number of rotatable bonds is 7. The molecular weight excluding hydrogens is 195 g/mol. The summed E-state index contributed by atoms with van der Waals surface area (Å²) in [7, 11) is -3.66. The third-order valence-corrected chi connectivity index (χ3v) is 2.88. The minimum atomic E-state index is -3.66. The van der Waals surface area contributed by atoms with Gasteiger partial charge in [-0.2, -0.15) is 0 Å². The van der Waals surface area contributed by atoms with Gasteiger partial charge in [0.1, 0.15) is 0 Å². The summed E-state index contributed by atoms with van der Waals surface area (Å²) in [6.07, 6.45) is 0.400. The minimum Gasteiger partial charge on any atom is -0.373 e. The van der Waals surface area contributed by atoms with Crippen molar-refractivity contribution in [2.24, 2.45) is 0 Å². The SMILES string of the molecule is CCOP(=O)(OC=O)OC(C)CC. The lowest BCUT2D eigenvalue weighted by molar-refractivity contribution is -0.122. The number of hydrogen-bond donors (Lipinski definition) is 0. The minimum absolute atomic E-state index is 0.0683. The van der Waals surface area contributed by atoms with Gasteiger partial charge in [-0.05, 0) is 20.3 Å². The zero-order valence-corrected chi connectivity index (χ0v) is 8.95. The van der Waals surface area contributed by atoms with Gasteiger partial charge in [0.2, 0.25) is 0 Å². The van der Waals surface area contributed by atoms with E-state index in [1.165, 1.54) is 0 Å². The normalized spacial score (nSPS) is 17.5. The van der Waals surface area contributed by atoms with Crippen LogP contribution in [0.2, 0.25) is 0 Å². The average molecular weight is 210 g/mol. The Bertz CT molecular complexity index is 193. The molecule has 0 saturated carbocycles. The maximum absolute atomic E-state index is 11.5. The van der Waals surface area contributed by atoms with Crippen LogP contribution < -0.4 is 0 Å². The van der Waals surface area contributed by atoms with E-state index in [9.17, 15) is 9.36 Å². The van der Waals surface area contributed by atoms with Crippen LogP contribution >= 0.6 is 7.82 Å². The van der Waals surface area contributed by atoms with Gasteiger partial charge in [-0.25, -0.2) is 4.57 Å². The van der Waals surface area contributed by atoms with E-state index >= 15 is 0 Å². The van der Waals surface area contributed by atoms with E-state index in [-0.39, 0.29) is 19.2 Å². The van der Waals surface area contributed by atoms with E-state index in [0.717, 1.165) is 0 Å². The summed E-state index contributed by atoms with van der Waals surface area (Å²) in [6.45, 7) is 5.46. The third kappa shape index (κ3) is 5.03. The Labute approximate surface area is 78.0 Å². The van der Waals surface area contributed by atoms with Crippen LogP contribution in [0.4, 0.5) is 0 Å². The van der Waals surface area contributed by atoms with Gasteiger partial charge in [-0.3, -0.25) is 13.8 Å². The van der Waals surface area contributed by atoms with Crippen molar-refractivity contribution in [2.45, 2.75) is 33.3 Å². The van der Waals surface area contributed by atoms with E-state index in [1.807, 2.05) is 6.92 Å². The maximum atomic E-state index is 11.5. The topological polar surface area (TPSA) is 61.8 Å². The van der Waals surface area contributed by atoms with Gasteiger partial charge in [-0.1, -0.05) is 6.92 Å². The Morgan fingerprint density at radius 3 is 2.46 bits per heavy atom. The molecule has 0 saturated heterocycles. The highest BCUT2D eigenvalue weighted by atomic mass is 31.2. The Balaban J connectivity index is 4.22. The van der Waals surface area contributed by atoms with Gasteiger partial charge in [0, 0.05) is 0 Å². The lowest BCUT2D eigenvalue weighted by atomic mass is 10.3. The van der Waals surface area contributed by atoms with E-state index in [2.05, 4.69) is 4.52 Å². The molecule has 0 amide bonds. The second-order valence-corrected chi connectivity index (χ2v) is 3.97.